The fraction of sp³-hybridized carbons (Fsp3) is 0.115. The highest BCUT2D eigenvalue weighted by Crippen LogP contribution is 2.28. The number of carbonyl (C=O) groups is 2. The lowest BCUT2D eigenvalue weighted by Crippen LogP contribution is -2.20. The van der Waals surface area contributed by atoms with E-state index in [1.165, 1.54) is 11.8 Å². The molecule has 1 saturated heterocycles. The Morgan fingerprint density at radius 2 is 1.82 bits per heavy atom. The Kier molecular flexibility index (Phi) is 7.35. The van der Waals surface area contributed by atoms with Crippen LogP contribution in [-0.2, 0) is 9.59 Å². The van der Waals surface area contributed by atoms with Gasteiger partial charge in [0, 0.05) is 10.7 Å². The second-order valence-electron chi connectivity index (χ2n) is 7.69. The summed E-state index contributed by atoms with van der Waals surface area (Å²) in [6.07, 6.45) is 1.79. The molecule has 34 heavy (non-hydrogen) atoms. The molecule has 0 aliphatic carbocycles. The van der Waals surface area contributed by atoms with Gasteiger partial charge in [0.2, 0.25) is 0 Å². The number of halogens is 1. The molecule has 8 heteroatoms. The summed E-state index contributed by atoms with van der Waals surface area (Å²) >= 11 is 7.37. The van der Waals surface area contributed by atoms with Crippen LogP contribution in [0.25, 0.3) is 6.08 Å². The van der Waals surface area contributed by atoms with Crippen molar-refractivity contribution in [1.82, 2.24) is 5.32 Å². The largest absolute Gasteiger partial charge is 0.484 e. The van der Waals surface area contributed by atoms with Crippen LogP contribution in [0.1, 0.15) is 16.7 Å². The number of aryl methyl sites for hydroxylation is 2. The summed E-state index contributed by atoms with van der Waals surface area (Å²) in [5.74, 6) is 0.0685. The molecule has 2 N–H and O–H groups in total. The van der Waals surface area contributed by atoms with Gasteiger partial charge >= 0.3 is 0 Å². The number of ether oxygens (including phenoxy) is 1. The van der Waals surface area contributed by atoms with Gasteiger partial charge in [-0.15, -0.1) is 0 Å². The highest BCUT2D eigenvalue weighted by molar-refractivity contribution is 8.18. The van der Waals surface area contributed by atoms with E-state index < -0.39 is 0 Å². The van der Waals surface area contributed by atoms with E-state index in [0.717, 1.165) is 22.4 Å². The Hall–Kier alpha value is -3.55. The maximum Gasteiger partial charge on any atom is 0.264 e. The van der Waals surface area contributed by atoms with Gasteiger partial charge in [-0.3, -0.25) is 9.59 Å². The van der Waals surface area contributed by atoms with Crippen molar-refractivity contribution in [2.75, 3.05) is 11.9 Å². The molecular weight excluding hydrogens is 470 g/mol. The fourth-order valence-electron chi connectivity index (χ4n) is 3.05. The summed E-state index contributed by atoms with van der Waals surface area (Å²) in [7, 11) is 0. The van der Waals surface area contributed by atoms with Crippen molar-refractivity contribution in [2.24, 2.45) is 4.99 Å². The average molecular weight is 492 g/mol. The van der Waals surface area contributed by atoms with Gasteiger partial charge in [0.25, 0.3) is 11.8 Å². The van der Waals surface area contributed by atoms with Crippen LogP contribution in [0.2, 0.25) is 5.02 Å². The number of hydrogen-bond acceptors (Lipinski definition) is 5. The number of nitrogens with zero attached hydrogens (tertiary/aromatic N) is 1. The number of nitrogens with one attached hydrogen (secondary N) is 2. The standard InChI is InChI=1S/C26H22ClN3O3S/c1-16-3-8-19(9-4-16)29-26-30-25(32)23(34-26)13-18-6-11-21(12-7-18)33-15-24(31)28-20-10-5-17(2)22(27)14-20/h3-14H,15H2,1-2H3,(H,28,31)(H,29,30,32)/b23-13-. The topological polar surface area (TPSA) is 79.8 Å². The molecule has 0 saturated carbocycles. The minimum atomic E-state index is -0.287. The average Bonchev–Trinajstić information content (AvgIpc) is 3.16. The van der Waals surface area contributed by atoms with Gasteiger partial charge in [-0.05, 0) is 79.2 Å². The van der Waals surface area contributed by atoms with Gasteiger partial charge in [-0.1, -0.05) is 47.5 Å². The van der Waals surface area contributed by atoms with E-state index in [9.17, 15) is 9.59 Å². The van der Waals surface area contributed by atoms with Crippen molar-refractivity contribution < 1.29 is 14.3 Å². The predicted molar refractivity (Wildman–Crippen MR) is 139 cm³/mol. The number of amidine groups is 1. The van der Waals surface area contributed by atoms with Crippen LogP contribution in [0.15, 0.2) is 76.6 Å². The molecule has 1 aliphatic heterocycles. The summed E-state index contributed by atoms with van der Waals surface area (Å²) in [6, 6.07) is 20.2. The predicted octanol–water partition coefficient (Wildman–Crippen LogP) is 5.87. The zero-order valence-electron chi connectivity index (χ0n) is 18.6. The Bertz CT molecular complexity index is 1290. The van der Waals surface area contributed by atoms with Gasteiger partial charge in [0.05, 0.1) is 10.6 Å². The number of thioether (sulfide) groups is 1. The van der Waals surface area contributed by atoms with Crippen LogP contribution in [0.5, 0.6) is 5.75 Å². The van der Waals surface area contributed by atoms with E-state index in [4.69, 9.17) is 16.3 Å². The van der Waals surface area contributed by atoms with Crippen molar-refractivity contribution in [1.29, 1.82) is 0 Å². The normalized spacial score (nSPS) is 15.4. The molecule has 3 aromatic carbocycles. The molecule has 1 fully saturated rings. The lowest BCUT2D eigenvalue weighted by molar-refractivity contribution is -0.118. The molecule has 172 valence electrons. The number of anilines is 1. The lowest BCUT2D eigenvalue weighted by atomic mass is 10.2. The summed E-state index contributed by atoms with van der Waals surface area (Å²) < 4.78 is 5.56. The van der Waals surface area contributed by atoms with Crippen molar-refractivity contribution in [2.45, 2.75) is 13.8 Å². The number of hydrogen-bond donors (Lipinski definition) is 2. The quantitative estimate of drug-likeness (QED) is 0.423. The monoisotopic (exact) mass is 491 g/mol. The van der Waals surface area contributed by atoms with Gasteiger partial charge < -0.3 is 15.4 Å². The zero-order valence-corrected chi connectivity index (χ0v) is 20.2. The number of amides is 2. The van der Waals surface area contributed by atoms with E-state index >= 15 is 0 Å². The molecule has 4 rings (SSSR count). The van der Waals surface area contributed by atoms with Crippen molar-refractivity contribution in [3.8, 4) is 5.75 Å². The Morgan fingerprint density at radius 3 is 2.53 bits per heavy atom. The molecule has 0 bridgehead atoms. The zero-order chi connectivity index (χ0) is 24.1. The van der Waals surface area contributed by atoms with E-state index in [-0.39, 0.29) is 18.4 Å². The smallest absolute Gasteiger partial charge is 0.264 e. The van der Waals surface area contributed by atoms with Gasteiger partial charge in [-0.2, -0.15) is 0 Å². The molecule has 0 radical (unpaired) electrons. The third-order valence-corrected chi connectivity index (χ3v) is 6.24. The Morgan fingerprint density at radius 1 is 1.09 bits per heavy atom. The Balaban J connectivity index is 1.33. The molecule has 0 unspecified atom stereocenters. The van der Waals surface area contributed by atoms with Crippen LogP contribution in [0.3, 0.4) is 0 Å². The second-order valence-corrected chi connectivity index (χ2v) is 9.12. The van der Waals surface area contributed by atoms with Gasteiger partial charge in [0.1, 0.15) is 5.75 Å². The van der Waals surface area contributed by atoms with Crippen molar-refractivity contribution in [3.05, 3.63) is 93.3 Å². The van der Waals surface area contributed by atoms with Crippen LogP contribution in [0, 0.1) is 13.8 Å². The van der Waals surface area contributed by atoms with Gasteiger partial charge in [0.15, 0.2) is 11.8 Å². The number of rotatable bonds is 6. The molecule has 0 spiro atoms. The molecule has 0 atom stereocenters. The summed E-state index contributed by atoms with van der Waals surface area (Å²) in [5.41, 5.74) is 4.32. The summed E-state index contributed by atoms with van der Waals surface area (Å²) in [6.45, 7) is 3.77. The van der Waals surface area contributed by atoms with Crippen LogP contribution >= 0.6 is 23.4 Å². The maximum atomic E-state index is 12.3. The molecule has 3 aromatic rings. The first-order chi connectivity index (χ1) is 16.4. The van der Waals surface area contributed by atoms with Crippen molar-refractivity contribution in [3.63, 3.8) is 0 Å². The van der Waals surface area contributed by atoms with Gasteiger partial charge in [-0.25, -0.2) is 4.99 Å². The molecule has 2 amide bonds. The third-order valence-electron chi connectivity index (χ3n) is 4.92. The first kappa shape index (κ1) is 23.6. The van der Waals surface area contributed by atoms with Crippen LogP contribution in [-0.4, -0.2) is 23.6 Å². The van der Waals surface area contributed by atoms with E-state index in [2.05, 4.69) is 15.6 Å². The van der Waals surface area contributed by atoms with E-state index in [1.807, 2.05) is 56.3 Å². The van der Waals surface area contributed by atoms with E-state index in [1.54, 1.807) is 30.3 Å². The minimum absolute atomic E-state index is 0.136. The molecule has 1 aliphatic rings. The number of benzene rings is 3. The maximum absolute atomic E-state index is 12.3. The Labute approximate surface area is 207 Å². The first-order valence-corrected chi connectivity index (χ1v) is 11.7. The molecular formula is C26H22ClN3O3S. The highest BCUT2D eigenvalue weighted by atomic mass is 35.5. The third kappa shape index (κ3) is 6.27. The second kappa shape index (κ2) is 10.6. The van der Waals surface area contributed by atoms with E-state index in [0.29, 0.717) is 26.5 Å². The fourth-order valence-corrected chi connectivity index (χ4v) is 4.07. The van der Waals surface area contributed by atoms with Crippen LogP contribution in [0.4, 0.5) is 11.4 Å². The first-order valence-electron chi connectivity index (χ1n) is 10.5. The summed E-state index contributed by atoms with van der Waals surface area (Å²) in [5, 5.41) is 6.67. The van der Waals surface area contributed by atoms with Crippen molar-refractivity contribution >= 4 is 57.8 Å². The highest BCUT2D eigenvalue weighted by Gasteiger charge is 2.23. The lowest BCUT2D eigenvalue weighted by Gasteiger charge is -2.09. The summed E-state index contributed by atoms with van der Waals surface area (Å²) in [4.78, 5) is 29.5. The minimum Gasteiger partial charge on any atom is -0.484 e. The number of aliphatic imine (C=N–C) groups is 1. The SMILES string of the molecule is Cc1ccc(N=C2NC(=O)/C(=C/c3ccc(OCC(=O)Nc4ccc(C)c(Cl)c4)cc3)S2)cc1. The number of carbonyl (C=O) groups excluding carboxylic acids is 2. The van der Waals surface area contributed by atoms with Crippen LogP contribution < -0.4 is 15.4 Å². The molecule has 6 nitrogen and oxygen atoms in total. The molecule has 0 aromatic heterocycles. The molecule has 1 heterocycles.